The molecule has 9 rings (SSSR count). The van der Waals surface area contributed by atoms with Crippen LogP contribution in [0.2, 0.25) is 0 Å². The fourth-order valence-corrected chi connectivity index (χ4v) is 7.12. The number of rotatable bonds is 7. The Balaban J connectivity index is 1.18. The van der Waals surface area contributed by atoms with Gasteiger partial charge in [-0.05, 0) is 91.7 Å². The molecular weight excluding hydrogens is 633 g/mol. The molecule has 52 heavy (non-hydrogen) atoms. The molecule has 0 amide bonds. The van der Waals surface area contributed by atoms with Gasteiger partial charge in [-0.3, -0.25) is 0 Å². The molecule has 0 unspecified atom stereocenters. The van der Waals surface area contributed by atoms with E-state index in [1.807, 2.05) is 6.07 Å². The molecule has 2 heterocycles. The van der Waals surface area contributed by atoms with Gasteiger partial charge in [-0.15, -0.1) is 0 Å². The molecule has 0 saturated carbocycles. The van der Waals surface area contributed by atoms with E-state index in [-0.39, 0.29) is 5.92 Å². The lowest BCUT2D eigenvalue weighted by Gasteiger charge is -2.16. The number of benzene rings is 7. The summed E-state index contributed by atoms with van der Waals surface area (Å²) in [6.07, 6.45) is 0. The van der Waals surface area contributed by atoms with Crippen LogP contribution in [0, 0.1) is 0 Å². The Bertz CT molecular complexity index is 2650. The Morgan fingerprint density at radius 3 is 1.83 bits per heavy atom. The second-order valence-corrected chi connectivity index (χ2v) is 13.6. The fraction of sp³-hybridized carbons (Fsp3) is 0.0612. The van der Waals surface area contributed by atoms with Gasteiger partial charge in [-0.1, -0.05) is 153 Å². The molecule has 0 fully saturated rings. The average Bonchev–Trinajstić information content (AvgIpc) is 3.65. The van der Waals surface area contributed by atoms with Crippen molar-refractivity contribution >= 4 is 21.9 Å². The molecule has 7 aromatic carbocycles. The van der Waals surface area contributed by atoms with Crippen molar-refractivity contribution in [3.8, 4) is 67.0 Å². The van der Waals surface area contributed by atoms with Gasteiger partial charge in [0.15, 0.2) is 11.5 Å². The predicted octanol–water partition coefficient (Wildman–Crippen LogP) is 13.5. The Labute approximate surface area is 303 Å². The molecule has 0 bridgehead atoms. The van der Waals surface area contributed by atoms with Crippen LogP contribution in [0.1, 0.15) is 25.7 Å². The maximum absolute atomic E-state index is 6.14. The van der Waals surface area contributed by atoms with E-state index in [0.717, 1.165) is 67.3 Å². The van der Waals surface area contributed by atoms with Crippen LogP contribution in [-0.4, -0.2) is 9.97 Å². The molecule has 248 valence electrons. The minimum atomic E-state index is 0.233. The van der Waals surface area contributed by atoms with E-state index in [0.29, 0.717) is 0 Å². The molecule has 0 aliphatic carbocycles. The smallest absolute Gasteiger partial charge is 0.198 e. The van der Waals surface area contributed by atoms with Gasteiger partial charge in [0.2, 0.25) is 0 Å². The zero-order valence-electron chi connectivity index (χ0n) is 29.1. The number of hydrogen-bond donors (Lipinski definition) is 0. The van der Waals surface area contributed by atoms with E-state index < -0.39 is 0 Å². The molecular formula is C49H36N2O. The first kappa shape index (κ1) is 31.4. The highest BCUT2D eigenvalue weighted by Crippen LogP contribution is 2.41. The number of hydrogen-bond acceptors (Lipinski definition) is 3. The first-order valence-electron chi connectivity index (χ1n) is 17.8. The third-order valence-electron chi connectivity index (χ3n) is 9.78. The van der Waals surface area contributed by atoms with Gasteiger partial charge in [-0.25, -0.2) is 9.97 Å². The monoisotopic (exact) mass is 668 g/mol. The van der Waals surface area contributed by atoms with E-state index in [9.17, 15) is 0 Å². The van der Waals surface area contributed by atoms with Gasteiger partial charge in [0.05, 0.1) is 11.4 Å². The van der Waals surface area contributed by atoms with Crippen LogP contribution in [0.5, 0.6) is 0 Å². The summed E-state index contributed by atoms with van der Waals surface area (Å²) < 4.78 is 6.14. The molecule has 0 radical (unpaired) electrons. The first-order chi connectivity index (χ1) is 25.6. The summed E-state index contributed by atoms with van der Waals surface area (Å²) in [6.45, 7) is 4.21. The van der Waals surface area contributed by atoms with Crippen LogP contribution in [0.4, 0.5) is 0 Å². The number of oxazole rings is 1. The predicted molar refractivity (Wildman–Crippen MR) is 216 cm³/mol. The zero-order valence-corrected chi connectivity index (χ0v) is 29.1. The molecule has 9 aromatic rings. The van der Waals surface area contributed by atoms with Crippen LogP contribution in [-0.2, 0) is 0 Å². The van der Waals surface area contributed by atoms with Crippen LogP contribution in [0.15, 0.2) is 180 Å². The van der Waals surface area contributed by atoms with E-state index in [1.165, 1.54) is 27.5 Å². The fourth-order valence-electron chi connectivity index (χ4n) is 7.12. The van der Waals surface area contributed by atoms with E-state index in [4.69, 9.17) is 9.40 Å². The Hall–Kier alpha value is -6.58. The molecule has 2 aromatic heterocycles. The molecule has 0 aliphatic heterocycles. The summed E-state index contributed by atoms with van der Waals surface area (Å²) in [7, 11) is 0. The number of pyridine rings is 1. The lowest BCUT2D eigenvalue weighted by Crippen LogP contribution is -1.93. The molecule has 0 N–H and O–H groups in total. The van der Waals surface area contributed by atoms with Crippen molar-refractivity contribution in [3.05, 3.63) is 182 Å². The van der Waals surface area contributed by atoms with Crippen molar-refractivity contribution < 1.29 is 4.42 Å². The van der Waals surface area contributed by atoms with Crippen LogP contribution >= 0.6 is 0 Å². The Morgan fingerprint density at radius 2 is 1.04 bits per heavy atom. The third kappa shape index (κ3) is 5.97. The van der Waals surface area contributed by atoms with E-state index in [2.05, 4.69) is 189 Å². The Kier molecular flexibility index (Phi) is 8.02. The van der Waals surface area contributed by atoms with Gasteiger partial charge in [-0.2, -0.15) is 0 Å². The minimum absolute atomic E-state index is 0.233. The third-order valence-corrected chi connectivity index (χ3v) is 9.78. The van der Waals surface area contributed by atoms with Crippen LogP contribution < -0.4 is 0 Å². The maximum Gasteiger partial charge on any atom is 0.198 e. The molecule has 0 spiro atoms. The van der Waals surface area contributed by atoms with Crippen molar-refractivity contribution in [2.45, 2.75) is 19.8 Å². The summed E-state index contributed by atoms with van der Waals surface area (Å²) in [6, 6.07) is 62.5. The van der Waals surface area contributed by atoms with Gasteiger partial charge in [0.25, 0.3) is 0 Å². The van der Waals surface area contributed by atoms with Crippen molar-refractivity contribution in [1.29, 1.82) is 0 Å². The van der Waals surface area contributed by atoms with Crippen molar-refractivity contribution in [3.63, 3.8) is 0 Å². The summed E-state index contributed by atoms with van der Waals surface area (Å²) in [5.41, 5.74) is 15.0. The highest BCUT2D eigenvalue weighted by Gasteiger charge is 2.16. The van der Waals surface area contributed by atoms with Crippen LogP contribution in [0.3, 0.4) is 0 Å². The Morgan fingerprint density at radius 1 is 0.423 bits per heavy atom. The number of nitrogens with zero attached hydrogens (tertiary/aromatic N) is 2. The molecule has 3 heteroatoms. The molecule has 0 saturated heterocycles. The standard InChI is InChI=1S/C49H36N2O/c1-32(2)49-51-44-26-24-37(31-47(44)52-49)36-18-11-21-40(27-36)48-42-22-10-9-15-34(42)23-25-43(48)38-19-12-20-39(28-38)46-30-41(33-13-5-3-6-14-33)29-45(50-46)35-16-7-4-8-17-35/h3-32H,1-2H3. The van der Waals surface area contributed by atoms with Gasteiger partial charge < -0.3 is 4.42 Å². The number of aromatic nitrogens is 2. The average molecular weight is 669 g/mol. The highest BCUT2D eigenvalue weighted by molar-refractivity contribution is 6.05. The van der Waals surface area contributed by atoms with E-state index in [1.54, 1.807) is 0 Å². The molecule has 0 aliphatic rings. The highest BCUT2D eigenvalue weighted by atomic mass is 16.3. The molecule has 3 nitrogen and oxygen atoms in total. The van der Waals surface area contributed by atoms with Gasteiger partial charge in [0.1, 0.15) is 5.52 Å². The summed E-state index contributed by atoms with van der Waals surface area (Å²) >= 11 is 0. The van der Waals surface area contributed by atoms with Crippen LogP contribution in [0.25, 0.3) is 88.9 Å². The lowest BCUT2D eigenvalue weighted by molar-refractivity contribution is 0.501. The second-order valence-electron chi connectivity index (χ2n) is 13.6. The second kappa shape index (κ2) is 13.3. The SMILES string of the molecule is CC(C)c1nc2ccc(-c3cccc(-c4c(-c5cccc(-c6cc(-c7ccccc7)cc(-c7ccccc7)n6)c5)ccc5ccccc45)c3)cc2o1. The van der Waals surface area contributed by atoms with Crippen molar-refractivity contribution in [2.24, 2.45) is 0 Å². The normalized spacial score (nSPS) is 11.4. The minimum Gasteiger partial charge on any atom is -0.440 e. The zero-order chi connectivity index (χ0) is 35.0. The largest absolute Gasteiger partial charge is 0.440 e. The summed E-state index contributed by atoms with van der Waals surface area (Å²) in [4.78, 5) is 9.92. The lowest BCUT2D eigenvalue weighted by atomic mass is 9.88. The first-order valence-corrected chi connectivity index (χ1v) is 17.8. The summed E-state index contributed by atoms with van der Waals surface area (Å²) in [5, 5.41) is 2.42. The topological polar surface area (TPSA) is 38.9 Å². The van der Waals surface area contributed by atoms with E-state index >= 15 is 0 Å². The quantitative estimate of drug-likeness (QED) is 0.170. The van der Waals surface area contributed by atoms with Crippen molar-refractivity contribution in [1.82, 2.24) is 9.97 Å². The summed E-state index contributed by atoms with van der Waals surface area (Å²) in [5.74, 6) is 0.999. The van der Waals surface area contributed by atoms with Crippen molar-refractivity contribution in [2.75, 3.05) is 0 Å². The maximum atomic E-state index is 6.14. The van der Waals surface area contributed by atoms with Gasteiger partial charge >= 0.3 is 0 Å². The van der Waals surface area contributed by atoms with Gasteiger partial charge in [0, 0.05) is 17.0 Å². The number of fused-ring (bicyclic) bond motifs is 2. The molecule has 0 atom stereocenters.